The summed E-state index contributed by atoms with van der Waals surface area (Å²) in [5, 5.41) is 3.81. The van der Waals surface area contributed by atoms with Gasteiger partial charge in [-0.1, -0.05) is 17.7 Å². The predicted octanol–water partition coefficient (Wildman–Crippen LogP) is 3.02. The van der Waals surface area contributed by atoms with E-state index in [1.54, 1.807) is 0 Å². The summed E-state index contributed by atoms with van der Waals surface area (Å²) in [6.07, 6.45) is 0.654. The molecule has 0 fully saturated rings. The van der Waals surface area contributed by atoms with Crippen molar-refractivity contribution < 1.29 is 9.53 Å². The second kappa shape index (κ2) is 4.22. The molecule has 0 aromatic heterocycles. The molecular weight excluding hydrogens is 238 g/mol. The van der Waals surface area contributed by atoms with E-state index in [4.69, 9.17) is 16.3 Å². The molecule has 0 radical (unpaired) electrons. The predicted molar refractivity (Wildman–Crippen MR) is 68.4 cm³/mol. The van der Waals surface area contributed by atoms with Gasteiger partial charge in [-0.15, -0.1) is 0 Å². The molecule has 1 heterocycles. The maximum Gasteiger partial charge on any atom is 0.329 e. The summed E-state index contributed by atoms with van der Waals surface area (Å²) in [6.45, 7) is 5.59. The summed E-state index contributed by atoms with van der Waals surface area (Å²) in [4.78, 5) is 11.9. The van der Waals surface area contributed by atoms with Crippen molar-refractivity contribution in [1.82, 2.24) is 0 Å². The fourth-order valence-corrected chi connectivity index (χ4v) is 2.01. The molecule has 0 spiro atoms. The average molecular weight is 254 g/mol. The number of hydrogen-bond donors (Lipinski definition) is 1. The SMILES string of the molecule is CC(C)(C)OC(=O)C1Cc2ccc(Cl)cc2N1. The van der Waals surface area contributed by atoms with Gasteiger partial charge in [0.05, 0.1) is 0 Å². The van der Waals surface area contributed by atoms with Crippen LogP contribution in [-0.2, 0) is 16.0 Å². The lowest BCUT2D eigenvalue weighted by Gasteiger charge is -2.22. The molecule has 3 nitrogen and oxygen atoms in total. The Balaban J connectivity index is 2.07. The van der Waals surface area contributed by atoms with E-state index in [1.165, 1.54) is 0 Å². The zero-order valence-corrected chi connectivity index (χ0v) is 11.0. The van der Waals surface area contributed by atoms with Crippen molar-refractivity contribution in [3.8, 4) is 0 Å². The van der Waals surface area contributed by atoms with Gasteiger partial charge in [0.2, 0.25) is 0 Å². The van der Waals surface area contributed by atoms with Crippen LogP contribution >= 0.6 is 11.6 Å². The van der Waals surface area contributed by atoms with Crippen molar-refractivity contribution in [2.45, 2.75) is 38.8 Å². The van der Waals surface area contributed by atoms with Gasteiger partial charge in [0.25, 0.3) is 0 Å². The topological polar surface area (TPSA) is 38.3 Å². The van der Waals surface area contributed by atoms with Gasteiger partial charge in [0, 0.05) is 17.1 Å². The van der Waals surface area contributed by atoms with Crippen LogP contribution in [0.3, 0.4) is 0 Å². The number of ether oxygens (including phenoxy) is 1. The smallest absolute Gasteiger partial charge is 0.329 e. The van der Waals surface area contributed by atoms with Crippen molar-refractivity contribution in [2.75, 3.05) is 5.32 Å². The highest BCUT2D eigenvalue weighted by atomic mass is 35.5. The molecule has 1 aliphatic rings. The van der Waals surface area contributed by atoms with Gasteiger partial charge in [-0.05, 0) is 38.5 Å². The number of benzene rings is 1. The second-order valence-electron chi connectivity index (χ2n) is 5.24. The van der Waals surface area contributed by atoms with Crippen LogP contribution in [0.1, 0.15) is 26.3 Å². The van der Waals surface area contributed by atoms with Gasteiger partial charge >= 0.3 is 5.97 Å². The summed E-state index contributed by atoms with van der Waals surface area (Å²) >= 11 is 5.90. The van der Waals surface area contributed by atoms with E-state index in [0.29, 0.717) is 11.4 Å². The number of rotatable bonds is 1. The Morgan fingerprint density at radius 1 is 1.47 bits per heavy atom. The minimum Gasteiger partial charge on any atom is -0.458 e. The van der Waals surface area contributed by atoms with Gasteiger partial charge in [-0.2, -0.15) is 0 Å². The molecule has 4 heteroatoms. The van der Waals surface area contributed by atoms with Crippen LogP contribution < -0.4 is 5.32 Å². The second-order valence-corrected chi connectivity index (χ2v) is 5.67. The first-order chi connectivity index (χ1) is 7.85. The van der Waals surface area contributed by atoms with Gasteiger partial charge in [0.1, 0.15) is 11.6 Å². The van der Waals surface area contributed by atoms with Crippen LogP contribution in [0, 0.1) is 0 Å². The summed E-state index contributed by atoms with van der Waals surface area (Å²) in [7, 11) is 0. The van der Waals surface area contributed by atoms with Crippen LogP contribution in [0.5, 0.6) is 0 Å². The number of halogens is 1. The number of carbonyl (C=O) groups excluding carboxylic acids is 1. The molecule has 0 saturated carbocycles. The van der Waals surface area contributed by atoms with Crippen molar-refractivity contribution in [1.29, 1.82) is 0 Å². The Kier molecular flexibility index (Phi) is 3.04. The number of carbonyl (C=O) groups is 1. The Labute approximate surface area is 106 Å². The van der Waals surface area contributed by atoms with E-state index in [0.717, 1.165) is 11.3 Å². The van der Waals surface area contributed by atoms with Gasteiger partial charge in [-0.3, -0.25) is 0 Å². The Morgan fingerprint density at radius 3 is 2.82 bits per heavy atom. The molecule has 0 amide bonds. The molecule has 2 rings (SSSR count). The molecule has 1 unspecified atom stereocenters. The minimum atomic E-state index is -0.453. The van der Waals surface area contributed by atoms with Crippen LogP contribution in [0.15, 0.2) is 18.2 Å². The molecule has 1 aromatic carbocycles. The highest BCUT2D eigenvalue weighted by Gasteiger charge is 2.30. The molecule has 0 aliphatic carbocycles. The Morgan fingerprint density at radius 2 is 2.18 bits per heavy atom. The number of esters is 1. The molecule has 1 aromatic rings. The molecule has 1 atom stereocenters. The summed E-state index contributed by atoms with van der Waals surface area (Å²) in [5.74, 6) is -0.218. The lowest BCUT2D eigenvalue weighted by atomic mass is 10.1. The number of anilines is 1. The Hall–Kier alpha value is -1.22. The number of nitrogens with one attached hydrogen (secondary N) is 1. The van der Waals surface area contributed by atoms with Crippen molar-refractivity contribution >= 4 is 23.3 Å². The highest BCUT2D eigenvalue weighted by Crippen LogP contribution is 2.29. The van der Waals surface area contributed by atoms with Crippen LogP contribution in [0.4, 0.5) is 5.69 Å². The standard InChI is InChI=1S/C13H16ClNO2/c1-13(2,3)17-12(16)11-6-8-4-5-9(14)7-10(8)15-11/h4-5,7,11,15H,6H2,1-3H3. The maximum atomic E-state index is 11.9. The van der Waals surface area contributed by atoms with E-state index in [1.807, 2.05) is 39.0 Å². The highest BCUT2D eigenvalue weighted by molar-refractivity contribution is 6.30. The third-order valence-corrected chi connectivity index (χ3v) is 2.75. The molecule has 17 heavy (non-hydrogen) atoms. The summed E-state index contributed by atoms with van der Waals surface area (Å²) in [6, 6.07) is 5.30. The fraction of sp³-hybridized carbons (Fsp3) is 0.462. The third kappa shape index (κ3) is 2.91. The number of hydrogen-bond acceptors (Lipinski definition) is 3. The molecule has 0 saturated heterocycles. The first kappa shape index (κ1) is 12.2. The molecule has 92 valence electrons. The maximum absolute atomic E-state index is 11.9. The van der Waals surface area contributed by atoms with Crippen LogP contribution in [0.25, 0.3) is 0 Å². The zero-order chi connectivity index (χ0) is 12.6. The monoisotopic (exact) mass is 253 g/mol. The summed E-state index contributed by atoms with van der Waals surface area (Å²) < 4.78 is 5.35. The van der Waals surface area contributed by atoms with E-state index in [-0.39, 0.29) is 12.0 Å². The van der Waals surface area contributed by atoms with Gasteiger partial charge < -0.3 is 10.1 Å². The van der Waals surface area contributed by atoms with Crippen LogP contribution in [0.2, 0.25) is 5.02 Å². The van der Waals surface area contributed by atoms with Gasteiger partial charge in [0.15, 0.2) is 0 Å². The van der Waals surface area contributed by atoms with Crippen molar-refractivity contribution in [3.05, 3.63) is 28.8 Å². The molecule has 1 aliphatic heterocycles. The summed E-state index contributed by atoms with van der Waals surface area (Å²) in [5.41, 5.74) is 1.57. The lowest BCUT2D eigenvalue weighted by molar-refractivity contribution is -0.155. The minimum absolute atomic E-state index is 0.218. The first-order valence-corrected chi connectivity index (χ1v) is 6.01. The molecule has 1 N–H and O–H groups in total. The zero-order valence-electron chi connectivity index (χ0n) is 10.2. The van der Waals surface area contributed by atoms with E-state index in [2.05, 4.69) is 5.32 Å². The quantitative estimate of drug-likeness (QED) is 0.782. The largest absolute Gasteiger partial charge is 0.458 e. The van der Waals surface area contributed by atoms with Crippen molar-refractivity contribution in [2.24, 2.45) is 0 Å². The van der Waals surface area contributed by atoms with E-state index >= 15 is 0 Å². The van der Waals surface area contributed by atoms with E-state index in [9.17, 15) is 4.79 Å². The third-order valence-electron chi connectivity index (χ3n) is 2.52. The first-order valence-electron chi connectivity index (χ1n) is 5.63. The van der Waals surface area contributed by atoms with E-state index < -0.39 is 5.60 Å². The fourth-order valence-electron chi connectivity index (χ4n) is 1.83. The van der Waals surface area contributed by atoms with Crippen LogP contribution in [-0.4, -0.2) is 17.6 Å². The van der Waals surface area contributed by atoms with Gasteiger partial charge in [-0.25, -0.2) is 4.79 Å². The molecular formula is C13H16ClNO2. The lowest BCUT2D eigenvalue weighted by Crippen LogP contribution is -2.35. The normalized spacial score (nSPS) is 18.5. The molecule has 0 bridgehead atoms. The Bertz CT molecular complexity index is 451. The number of fused-ring (bicyclic) bond motifs is 1. The van der Waals surface area contributed by atoms with Crippen molar-refractivity contribution in [3.63, 3.8) is 0 Å². The average Bonchev–Trinajstić information content (AvgIpc) is 2.57.